The van der Waals surface area contributed by atoms with Crippen LogP contribution < -0.4 is 0 Å². The highest BCUT2D eigenvalue weighted by Crippen LogP contribution is 2.34. The lowest BCUT2D eigenvalue weighted by molar-refractivity contribution is -0.127. The summed E-state index contributed by atoms with van der Waals surface area (Å²) in [6.07, 6.45) is 10.4. The number of unbranched alkanes of at least 4 members (excludes halogenated alkanes) is 2. The summed E-state index contributed by atoms with van der Waals surface area (Å²) < 4.78 is 5.41. The van der Waals surface area contributed by atoms with Crippen molar-refractivity contribution in [2.45, 2.75) is 65.3 Å². The molecule has 0 atom stereocenters. The lowest BCUT2D eigenvalue weighted by atomic mass is 9.88. The van der Waals surface area contributed by atoms with E-state index in [-0.39, 0.29) is 5.91 Å². The summed E-state index contributed by atoms with van der Waals surface area (Å²) in [5, 5.41) is 0. The second-order valence-corrected chi connectivity index (χ2v) is 9.75. The second-order valence-electron chi connectivity index (χ2n) is 9.75. The van der Waals surface area contributed by atoms with Crippen LogP contribution in [0.4, 0.5) is 0 Å². The Bertz CT molecular complexity index is 1100. The number of benzene rings is 1. The van der Waals surface area contributed by atoms with Crippen LogP contribution >= 0.6 is 0 Å². The zero-order valence-corrected chi connectivity index (χ0v) is 23.0. The van der Waals surface area contributed by atoms with Crippen molar-refractivity contribution in [1.29, 1.82) is 0 Å². The molecule has 37 heavy (non-hydrogen) atoms. The predicted octanol–water partition coefficient (Wildman–Crippen LogP) is 6.75. The van der Waals surface area contributed by atoms with E-state index < -0.39 is 0 Å². The number of amidine groups is 1. The molecule has 0 bridgehead atoms. The van der Waals surface area contributed by atoms with E-state index in [1.54, 1.807) is 7.11 Å². The van der Waals surface area contributed by atoms with Gasteiger partial charge in [0.05, 0.1) is 12.8 Å². The standard InChI is InChI=1S/C32H43N3O2/c1-7-10-19-34(20-11-8-2)31(9-3)33-24(4)29-17-16-27(25(5)37-6)22-30(29)32(36)35-21-18-26-14-12-13-15-28(26)23-35/h9,12-15,22H,3-5,7-8,10-11,16-21,23H2,1-2,6H3/b33-31+. The number of rotatable bonds is 12. The van der Waals surface area contributed by atoms with Gasteiger partial charge in [-0.1, -0.05) is 70.7 Å². The van der Waals surface area contributed by atoms with Crippen LogP contribution in [0.25, 0.3) is 0 Å². The number of nitrogens with zero attached hydrogens (tertiary/aromatic N) is 3. The number of allylic oxidation sites excluding steroid dienone is 2. The van der Waals surface area contributed by atoms with E-state index in [2.05, 4.69) is 56.7 Å². The molecule has 0 spiro atoms. The normalized spacial score (nSPS) is 15.6. The Hall–Kier alpha value is -3.34. The van der Waals surface area contributed by atoms with E-state index >= 15 is 0 Å². The molecule has 0 saturated heterocycles. The summed E-state index contributed by atoms with van der Waals surface area (Å²) >= 11 is 0. The van der Waals surface area contributed by atoms with E-state index in [1.807, 2.05) is 23.1 Å². The van der Waals surface area contributed by atoms with Crippen molar-refractivity contribution >= 4 is 11.7 Å². The Kier molecular flexibility index (Phi) is 10.6. The number of carbonyl (C=O) groups is 1. The number of fused-ring (bicyclic) bond motifs is 1. The van der Waals surface area contributed by atoms with Gasteiger partial charge in [0.25, 0.3) is 5.91 Å². The van der Waals surface area contributed by atoms with Gasteiger partial charge in [0.2, 0.25) is 0 Å². The number of carbonyl (C=O) groups excluding carboxylic acids is 1. The van der Waals surface area contributed by atoms with Gasteiger partial charge in [-0.3, -0.25) is 4.79 Å². The molecule has 1 amide bonds. The molecule has 2 aliphatic rings. The third kappa shape index (κ3) is 7.12. The first-order chi connectivity index (χ1) is 17.9. The Morgan fingerprint density at radius 2 is 1.76 bits per heavy atom. The quantitative estimate of drug-likeness (QED) is 0.181. The molecular formula is C32H43N3O2. The summed E-state index contributed by atoms with van der Waals surface area (Å²) in [7, 11) is 1.62. The molecule has 5 heteroatoms. The van der Waals surface area contributed by atoms with Gasteiger partial charge in [0.1, 0.15) is 11.6 Å². The highest BCUT2D eigenvalue weighted by atomic mass is 16.5. The number of aliphatic imine (C=N–C) groups is 1. The van der Waals surface area contributed by atoms with Crippen molar-refractivity contribution in [3.05, 3.63) is 95.5 Å². The molecule has 0 aromatic heterocycles. The fourth-order valence-electron chi connectivity index (χ4n) is 4.90. The first-order valence-corrected chi connectivity index (χ1v) is 13.6. The molecule has 0 saturated carbocycles. The van der Waals surface area contributed by atoms with Crippen LogP contribution in [0.15, 0.2) is 89.3 Å². The van der Waals surface area contributed by atoms with Gasteiger partial charge in [0.15, 0.2) is 0 Å². The van der Waals surface area contributed by atoms with Gasteiger partial charge in [0, 0.05) is 31.8 Å². The highest BCUT2D eigenvalue weighted by molar-refractivity contribution is 5.99. The van der Waals surface area contributed by atoms with Crippen molar-refractivity contribution in [1.82, 2.24) is 9.80 Å². The van der Waals surface area contributed by atoms with Crippen molar-refractivity contribution in [3.63, 3.8) is 0 Å². The van der Waals surface area contributed by atoms with Crippen LogP contribution in [-0.4, -0.2) is 48.3 Å². The third-order valence-electron chi connectivity index (χ3n) is 7.21. The van der Waals surface area contributed by atoms with E-state index in [4.69, 9.17) is 9.73 Å². The maximum absolute atomic E-state index is 13.9. The van der Waals surface area contributed by atoms with Gasteiger partial charge >= 0.3 is 0 Å². The van der Waals surface area contributed by atoms with Crippen LogP contribution in [0.2, 0.25) is 0 Å². The predicted molar refractivity (Wildman–Crippen MR) is 154 cm³/mol. The molecular weight excluding hydrogens is 458 g/mol. The molecule has 0 unspecified atom stereocenters. The third-order valence-corrected chi connectivity index (χ3v) is 7.21. The average Bonchev–Trinajstić information content (AvgIpc) is 2.94. The molecule has 1 heterocycles. The molecule has 3 rings (SSSR count). The van der Waals surface area contributed by atoms with E-state index in [0.29, 0.717) is 36.5 Å². The van der Waals surface area contributed by atoms with E-state index in [0.717, 1.165) is 68.6 Å². The van der Waals surface area contributed by atoms with Crippen molar-refractivity contribution in [2.75, 3.05) is 26.7 Å². The Morgan fingerprint density at radius 1 is 1.08 bits per heavy atom. The van der Waals surface area contributed by atoms with Gasteiger partial charge in [-0.15, -0.1) is 0 Å². The van der Waals surface area contributed by atoms with Crippen LogP contribution in [0.3, 0.4) is 0 Å². The summed E-state index contributed by atoms with van der Waals surface area (Å²) in [4.78, 5) is 23.1. The molecule has 1 aliphatic carbocycles. The zero-order chi connectivity index (χ0) is 26.8. The molecule has 5 nitrogen and oxygen atoms in total. The lowest BCUT2D eigenvalue weighted by Gasteiger charge is -2.31. The van der Waals surface area contributed by atoms with Crippen LogP contribution in [0, 0.1) is 0 Å². The Labute approximate surface area is 223 Å². The summed E-state index contributed by atoms with van der Waals surface area (Å²) in [5.41, 5.74) is 5.63. The van der Waals surface area contributed by atoms with Crippen LogP contribution in [-0.2, 0) is 22.5 Å². The fourth-order valence-corrected chi connectivity index (χ4v) is 4.90. The Balaban J connectivity index is 1.97. The molecule has 1 aromatic carbocycles. The number of amides is 1. The fraction of sp³-hybridized carbons (Fsp3) is 0.438. The molecule has 198 valence electrons. The number of ether oxygens (including phenoxy) is 1. The molecule has 0 radical (unpaired) electrons. The van der Waals surface area contributed by atoms with Gasteiger partial charge in [-0.25, -0.2) is 4.99 Å². The zero-order valence-electron chi connectivity index (χ0n) is 23.0. The van der Waals surface area contributed by atoms with Crippen LogP contribution in [0.5, 0.6) is 0 Å². The van der Waals surface area contributed by atoms with Crippen LogP contribution in [0.1, 0.15) is 63.5 Å². The van der Waals surface area contributed by atoms with E-state index in [1.165, 1.54) is 11.1 Å². The molecule has 1 aliphatic heterocycles. The van der Waals surface area contributed by atoms with Gasteiger partial charge < -0.3 is 14.5 Å². The first kappa shape index (κ1) is 28.2. The Morgan fingerprint density at radius 3 is 2.38 bits per heavy atom. The SMILES string of the molecule is C=C/C(=N\C(=C)C1=C(C(=O)N2CCc3ccccc3C2)C=C(C(=C)OC)CC1)N(CCCC)CCCC. The molecule has 0 fully saturated rings. The maximum atomic E-state index is 13.9. The largest absolute Gasteiger partial charge is 0.497 e. The smallest absolute Gasteiger partial charge is 0.254 e. The first-order valence-electron chi connectivity index (χ1n) is 13.6. The van der Waals surface area contributed by atoms with Crippen molar-refractivity contribution in [2.24, 2.45) is 4.99 Å². The van der Waals surface area contributed by atoms with Gasteiger partial charge in [-0.2, -0.15) is 0 Å². The number of hydrogen-bond donors (Lipinski definition) is 0. The second kappa shape index (κ2) is 13.8. The van der Waals surface area contributed by atoms with E-state index in [9.17, 15) is 4.79 Å². The maximum Gasteiger partial charge on any atom is 0.254 e. The monoisotopic (exact) mass is 501 g/mol. The summed E-state index contributed by atoms with van der Waals surface area (Å²) in [5.74, 6) is 1.43. The topological polar surface area (TPSA) is 45.1 Å². The van der Waals surface area contributed by atoms with Crippen molar-refractivity contribution in [3.8, 4) is 0 Å². The molecule has 0 N–H and O–H groups in total. The number of hydrogen-bond acceptors (Lipinski definition) is 3. The lowest BCUT2D eigenvalue weighted by Crippen LogP contribution is -2.37. The summed E-state index contributed by atoms with van der Waals surface area (Å²) in [6.45, 7) is 20.0. The minimum absolute atomic E-state index is 0.0101. The minimum atomic E-state index is 0.0101. The van der Waals surface area contributed by atoms with Crippen molar-refractivity contribution < 1.29 is 9.53 Å². The average molecular weight is 502 g/mol. The summed E-state index contributed by atoms with van der Waals surface area (Å²) in [6, 6.07) is 8.36. The van der Waals surface area contributed by atoms with Gasteiger partial charge in [-0.05, 0) is 66.5 Å². The highest BCUT2D eigenvalue weighted by Gasteiger charge is 2.28. The molecule has 1 aromatic rings. The minimum Gasteiger partial charge on any atom is -0.497 e. The number of methoxy groups -OCH3 is 1.